The number of aromatic amines is 1. The van der Waals surface area contributed by atoms with Crippen molar-refractivity contribution in [3.63, 3.8) is 0 Å². The lowest BCUT2D eigenvalue weighted by Crippen LogP contribution is -2.56. The third kappa shape index (κ3) is 5.09. The second-order valence-corrected chi connectivity index (χ2v) is 8.69. The molecule has 186 valence electrons. The number of fused-ring (bicyclic) bond motifs is 1. The lowest BCUT2D eigenvalue weighted by Gasteiger charge is -2.43. The molecule has 0 aliphatic carbocycles. The average Bonchev–Trinajstić information content (AvgIpc) is 3.21. The van der Waals surface area contributed by atoms with Crippen LogP contribution in [0.15, 0.2) is 42.5 Å². The van der Waals surface area contributed by atoms with Gasteiger partial charge in [-0.2, -0.15) is 0 Å². The zero-order chi connectivity index (χ0) is 25.1. The normalized spacial score (nSPS) is 17.3. The summed E-state index contributed by atoms with van der Waals surface area (Å²) in [6.07, 6.45) is 0. The van der Waals surface area contributed by atoms with Gasteiger partial charge in [-0.05, 0) is 51.1 Å². The number of hydrogen-bond donors (Lipinski definition) is 2. The molecule has 2 heterocycles. The summed E-state index contributed by atoms with van der Waals surface area (Å²) >= 11 is 0. The monoisotopic (exact) mass is 482 g/mol. The van der Waals surface area contributed by atoms with E-state index in [1.54, 1.807) is 14.0 Å². The van der Waals surface area contributed by atoms with Crippen molar-refractivity contribution in [3.05, 3.63) is 54.0 Å². The van der Waals surface area contributed by atoms with Gasteiger partial charge in [0, 0.05) is 48.3 Å². The van der Waals surface area contributed by atoms with E-state index < -0.39 is 17.8 Å². The van der Waals surface area contributed by atoms with Crippen LogP contribution in [0.3, 0.4) is 0 Å². The van der Waals surface area contributed by atoms with E-state index in [9.17, 15) is 14.0 Å². The summed E-state index contributed by atoms with van der Waals surface area (Å²) in [6.45, 7) is 7.95. The van der Waals surface area contributed by atoms with Crippen LogP contribution < -0.4 is 15.0 Å². The second-order valence-electron chi connectivity index (χ2n) is 8.69. The maximum absolute atomic E-state index is 14.0. The van der Waals surface area contributed by atoms with Gasteiger partial charge in [0.05, 0.1) is 25.4 Å². The molecule has 0 spiro atoms. The van der Waals surface area contributed by atoms with Crippen LogP contribution in [0.5, 0.6) is 5.75 Å². The van der Waals surface area contributed by atoms with Crippen LogP contribution in [0.4, 0.5) is 15.8 Å². The minimum Gasteiger partial charge on any atom is -0.497 e. The molecule has 2 atom stereocenters. The number of carbonyl (C=O) groups excluding carboxylic acids is 2. The van der Waals surface area contributed by atoms with Crippen molar-refractivity contribution >= 4 is 34.2 Å². The summed E-state index contributed by atoms with van der Waals surface area (Å²) < 4.78 is 24.4. The Bertz CT molecular complexity index is 1230. The predicted molar refractivity (Wildman–Crippen MR) is 134 cm³/mol. The number of aromatic nitrogens is 1. The molecule has 8 nitrogen and oxygen atoms in total. The average molecular weight is 483 g/mol. The second kappa shape index (κ2) is 10.4. The van der Waals surface area contributed by atoms with Crippen molar-refractivity contribution in [2.45, 2.75) is 32.9 Å². The number of hydrogen-bond acceptors (Lipinski definition) is 6. The third-order valence-corrected chi connectivity index (χ3v) is 6.46. The summed E-state index contributed by atoms with van der Waals surface area (Å²) in [6, 6.07) is 11.8. The zero-order valence-electron chi connectivity index (χ0n) is 20.4. The van der Waals surface area contributed by atoms with Gasteiger partial charge in [0.15, 0.2) is 0 Å². The molecule has 2 N–H and O–H groups in total. The van der Waals surface area contributed by atoms with Crippen molar-refractivity contribution < 1.29 is 23.5 Å². The first-order chi connectivity index (χ1) is 16.8. The molecule has 1 aromatic heterocycles. The number of ether oxygens (including phenoxy) is 2. The van der Waals surface area contributed by atoms with Gasteiger partial charge in [0.25, 0.3) is 0 Å². The minimum atomic E-state index is -0.604. The fraction of sp³-hybridized carbons (Fsp3) is 0.385. The highest BCUT2D eigenvalue weighted by Crippen LogP contribution is 2.30. The first-order valence-electron chi connectivity index (χ1n) is 11.8. The number of methoxy groups -OCH3 is 1. The SMILES string of the molecule is CCOC(=O)c1[nH]c2ccc(F)cc2c1NC(=O)C(C)N1CCN(c2cccc(OC)c2)C(C)C1. The van der Waals surface area contributed by atoms with E-state index in [4.69, 9.17) is 9.47 Å². The molecule has 1 aliphatic heterocycles. The van der Waals surface area contributed by atoms with Gasteiger partial charge in [0.2, 0.25) is 5.91 Å². The fourth-order valence-corrected chi connectivity index (χ4v) is 4.55. The molecule has 1 fully saturated rings. The number of halogens is 1. The molecule has 0 radical (unpaired) electrons. The predicted octanol–water partition coefficient (Wildman–Crippen LogP) is 4.03. The van der Waals surface area contributed by atoms with Crippen LogP contribution in [-0.4, -0.2) is 67.2 Å². The highest BCUT2D eigenvalue weighted by atomic mass is 19.1. The van der Waals surface area contributed by atoms with E-state index in [0.717, 1.165) is 18.0 Å². The van der Waals surface area contributed by atoms with Crippen molar-refractivity contribution in [1.29, 1.82) is 0 Å². The van der Waals surface area contributed by atoms with Crippen molar-refractivity contribution in [1.82, 2.24) is 9.88 Å². The molecule has 1 aliphatic rings. The van der Waals surface area contributed by atoms with Crippen LogP contribution >= 0.6 is 0 Å². The van der Waals surface area contributed by atoms with Gasteiger partial charge >= 0.3 is 5.97 Å². The molecular weight excluding hydrogens is 451 g/mol. The number of anilines is 2. The Morgan fingerprint density at radius 2 is 2.03 bits per heavy atom. The fourth-order valence-electron chi connectivity index (χ4n) is 4.55. The molecule has 0 bridgehead atoms. The lowest BCUT2D eigenvalue weighted by atomic mass is 10.1. The first-order valence-corrected chi connectivity index (χ1v) is 11.8. The van der Waals surface area contributed by atoms with E-state index in [0.29, 0.717) is 24.0 Å². The Balaban J connectivity index is 1.50. The van der Waals surface area contributed by atoms with E-state index >= 15 is 0 Å². The Morgan fingerprint density at radius 1 is 1.23 bits per heavy atom. The third-order valence-electron chi connectivity index (χ3n) is 6.46. The Hall–Kier alpha value is -3.59. The first kappa shape index (κ1) is 24.5. The van der Waals surface area contributed by atoms with Gasteiger partial charge in [0.1, 0.15) is 17.3 Å². The lowest BCUT2D eigenvalue weighted by molar-refractivity contribution is -0.121. The number of amides is 1. The summed E-state index contributed by atoms with van der Waals surface area (Å²) in [5.41, 5.74) is 1.95. The van der Waals surface area contributed by atoms with Crippen molar-refractivity contribution in [3.8, 4) is 5.75 Å². The molecule has 1 saturated heterocycles. The molecule has 4 rings (SSSR count). The van der Waals surface area contributed by atoms with Gasteiger partial charge in [-0.1, -0.05) is 6.07 Å². The summed E-state index contributed by atoms with van der Waals surface area (Å²) in [5, 5.41) is 3.28. The molecule has 2 aromatic carbocycles. The standard InChI is InChI=1S/C26H31FN4O4/c1-5-35-26(33)24-23(21-13-18(27)9-10-22(21)28-24)29-25(32)17(3)30-11-12-31(16(2)15-30)19-7-6-8-20(14-19)34-4/h6-10,13-14,16-17,28H,5,11-12,15H2,1-4H3,(H,29,32). The molecule has 0 saturated carbocycles. The number of piperazine rings is 1. The molecule has 2 unspecified atom stereocenters. The topological polar surface area (TPSA) is 86.9 Å². The molecule has 35 heavy (non-hydrogen) atoms. The molecule has 3 aromatic rings. The minimum absolute atomic E-state index is 0.101. The van der Waals surface area contributed by atoms with E-state index in [-0.39, 0.29) is 29.9 Å². The van der Waals surface area contributed by atoms with Gasteiger partial charge in [-0.25, -0.2) is 9.18 Å². The van der Waals surface area contributed by atoms with Crippen LogP contribution in [0.25, 0.3) is 10.9 Å². The number of esters is 1. The molecular formula is C26H31FN4O4. The maximum atomic E-state index is 14.0. The zero-order valence-corrected chi connectivity index (χ0v) is 20.4. The van der Waals surface area contributed by atoms with Gasteiger partial charge in [-0.3, -0.25) is 9.69 Å². The van der Waals surface area contributed by atoms with Crippen LogP contribution in [-0.2, 0) is 9.53 Å². The highest BCUT2D eigenvalue weighted by molar-refractivity contribution is 6.11. The van der Waals surface area contributed by atoms with E-state index in [1.165, 1.54) is 18.2 Å². The van der Waals surface area contributed by atoms with Gasteiger partial charge in [-0.15, -0.1) is 0 Å². The van der Waals surface area contributed by atoms with E-state index in [1.807, 2.05) is 25.1 Å². The summed E-state index contributed by atoms with van der Waals surface area (Å²) in [5.74, 6) is -0.536. The number of H-pyrrole nitrogens is 1. The number of nitrogens with zero attached hydrogens (tertiary/aromatic N) is 2. The van der Waals surface area contributed by atoms with Crippen LogP contribution in [0.2, 0.25) is 0 Å². The highest BCUT2D eigenvalue weighted by Gasteiger charge is 2.31. The summed E-state index contributed by atoms with van der Waals surface area (Å²) in [7, 11) is 1.65. The summed E-state index contributed by atoms with van der Waals surface area (Å²) in [4.78, 5) is 33.1. The van der Waals surface area contributed by atoms with Crippen LogP contribution in [0, 0.1) is 5.82 Å². The molecule has 9 heteroatoms. The van der Waals surface area contributed by atoms with Gasteiger partial charge < -0.3 is 24.7 Å². The number of carbonyl (C=O) groups is 2. The maximum Gasteiger partial charge on any atom is 0.356 e. The smallest absolute Gasteiger partial charge is 0.356 e. The van der Waals surface area contributed by atoms with Crippen molar-refractivity contribution in [2.24, 2.45) is 0 Å². The number of benzene rings is 2. The van der Waals surface area contributed by atoms with E-state index in [2.05, 4.69) is 33.1 Å². The number of rotatable bonds is 7. The van der Waals surface area contributed by atoms with Crippen LogP contribution in [0.1, 0.15) is 31.3 Å². The Labute approximate surface area is 204 Å². The number of nitrogens with one attached hydrogen (secondary N) is 2. The largest absolute Gasteiger partial charge is 0.497 e. The quantitative estimate of drug-likeness (QED) is 0.495. The Morgan fingerprint density at radius 3 is 2.74 bits per heavy atom. The van der Waals surface area contributed by atoms with Crippen molar-refractivity contribution in [2.75, 3.05) is 43.6 Å². The molecule has 1 amide bonds. The Kier molecular flexibility index (Phi) is 7.25.